The lowest BCUT2D eigenvalue weighted by molar-refractivity contribution is 0.147. The second kappa shape index (κ2) is 4.80. The number of hydrogen-bond donors (Lipinski definition) is 1. The molecular formula is C9H21N3. The highest BCUT2D eigenvalue weighted by Crippen LogP contribution is 2.00. The van der Waals surface area contributed by atoms with Gasteiger partial charge in [-0.1, -0.05) is 6.92 Å². The highest BCUT2D eigenvalue weighted by Gasteiger charge is 2.14. The van der Waals surface area contributed by atoms with Crippen molar-refractivity contribution in [2.24, 2.45) is 5.73 Å². The van der Waals surface area contributed by atoms with Crippen molar-refractivity contribution in [2.75, 3.05) is 39.8 Å². The molecule has 1 rings (SSSR count). The zero-order valence-electron chi connectivity index (χ0n) is 8.29. The van der Waals surface area contributed by atoms with Gasteiger partial charge in [0.25, 0.3) is 0 Å². The van der Waals surface area contributed by atoms with E-state index in [2.05, 4.69) is 23.8 Å². The lowest BCUT2D eigenvalue weighted by atomic mass is 10.2. The molecule has 1 fully saturated rings. The maximum absolute atomic E-state index is 5.88. The topological polar surface area (TPSA) is 32.5 Å². The molecule has 0 aliphatic carbocycles. The Morgan fingerprint density at radius 3 is 2.33 bits per heavy atom. The van der Waals surface area contributed by atoms with Crippen LogP contribution in [0.25, 0.3) is 0 Å². The summed E-state index contributed by atoms with van der Waals surface area (Å²) < 4.78 is 0. The molecule has 72 valence electrons. The molecule has 0 bridgehead atoms. The van der Waals surface area contributed by atoms with Gasteiger partial charge in [-0.05, 0) is 13.5 Å². The Hall–Kier alpha value is -0.120. The van der Waals surface area contributed by atoms with E-state index in [1.165, 1.54) is 26.2 Å². The molecule has 1 aliphatic rings. The predicted octanol–water partition coefficient (Wildman–Crippen LogP) is -0.0289. The maximum atomic E-state index is 5.88. The van der Waals surface area contributed by atoms with Crippen molar-refractivity contribution >= 4 is 0 Å². The Balaban J connectivity index is 2.17. The first kappa shape index (κ1) is 9.96. The van der Waals surface area contributed by atoms with Gasteiger partial charge < -0.3 is 10.6 Å². The third-order valence-electron chi connectivity index (χ3n) is 2.61. The molecule has 0 amide bonds. The van der Waals surface area contributed by atoms with Crippen LogP contribution in [0.2, 0.25) is 0 Å². The van der Waals surface area contributed by atoms with E-state index >= 15 is 0 Å². The number of hydrogen-bond acceptors (Lipinski definition) is 3. The van der Waals surface area contributed by atoms with Crippen LogP contribution in [0.4, 0.5) is 0 Å². The van der Waals surface area contributed by atoms with Crippen LogP contribution < -0.4 is 5.73 Å². The van der Waals surface area contributed by atoms with E-state index in [0.717, 1.165) is 13.0 Å². The molecule has 2 N–H and O–H groups in total. The zero-order valence-corrected chi connectivity index (χ0v) is 8.29. The summed E-state index contributed by atoms with van der Waals surface area (Å²) in [4.78, 5) is 4.84. The van der Waals surface area contributed by atoms with E-state index in [0.29, 0.717) is 6.04 Å². The molecule has 0 saturated carbocycles. The van der Waals surface area contributed by atoms with Gasteiger partial charge in [0.2, 0.25) is 0 Å². The summed E-state index contributed by atoms with van der Waals surface area (Å²) in [5.74, 6) is 0. The van der Waals surface area contributed by atoms with Gasteiger partial charge in [-0.25, -0.2) is 0 Å². The summed E-state index contributed by atoms with van der Waals surface area (Å²) in [6, 6.07) is 0.369. The van der Waals surface area contributed by atoms with Crippen molar-refractivity contribution in [1.82, 2.24) is 9.80 Å². The van der Waals surface area contributed by atoms with Crippen molar-refractivity contribution in [1.29, 1.82) is 0 Å². The number of nitrogens with two attached hydrogens (primary N) is 1. The van der Waals surface area contributed by atoms with Crippen LogP contribution in [0.3, 0.4) is 0 Å². The average molecular weight is 171 g/mol. The largest absolute Gasteiger partial charge is 0.327 e. The van der Waals surface area contributed by atoms with Crippen LogP contribution in [0.5, 0.6) is 0 Å². The summed E-state index contributed by atoms with van der Waals surface area (Å²) in [7, 11) is 2.18. The quantitative estimate of drug-likeness (QED) is 0.647. The average Bonchev–Trinajstić information content (AvgIpc) is 2.09. The van der Waals surface area contributed by atoms with Gasteiger partial charge in [0, 0.05) is 38.8 Å². The minimum absolute atomic E-state index is 0.369. The molecule has 0 aromatic rings. The fraction of sp³-hybridized carbons (Fsp3) is 1.00. The van der Waals surface area contributed by atoms with E-state index in [1.807, 2.05) is 0 Å². The molecule has 1 heterocycles. The van der Waals surface area contributed by atoms with Gasteiger partial charge >= 0.3 is 0 Å². The summed E-state index contributed by atoms with van der Waals surface area (Å²) >= 11 is 0. The maximum Gasteiger partial charge on any atom is 0.0165 e. The van der Waals surface area contributed by atoms with E-state index in [1.54, 1.807) is 0 Å². The third kappa shape index (κ3) is 3.09. The van der Waals surface area contributed by atoms with E-state index in [4.69, 9.17) is 5.73 Å². The first-order valence-corrected chi connectivity index (χ1v) is 4.89. The molecule has 12 heavy (non-hydrogen) atoms. The predicted molar refractivity (Wildman–Crippen MR) is 52.2 cm³/mol. The normalized spacial score (nSPS) is 24.2. The van der Waals surface area contributed by atoms with Gasteiger partial charge in [-0.2, -0.15) is 0 Å². The van der Waals surface area contributed by atoms with Gasteiger partial charge in [-0.3, -0.25) is 4.90 Å². The summed E-state index contributed by atoms with van der Waals surface area (Å²) in [6.07, 6.45) is 1.09. The summed E-state index contributed by atoms with van der Waals surface area (Å²) in [6.45, 7) is 7.98. The monoisotopic (exact) mass is 171 g/mol. The Labute approximate surface area is 75.5 Å². The Morgan fingerprint density at radius 2 is 1.83 bits per heavy atom. The van der Waals surface area contributed by atoms with Crippen LogP contribution in [-0.4, -0.2) is 55.6 Å². The number of likely N-dealkylation sites (N-methyl/N-ethyl adjacent to an activating group) is 1. The van der Waals surface area contributed by atoms with Crippen molar-refractivity contribution in [3.8, 4) is 0 Å². The fourth-order valence-electron chi connectivity index (χ4n) is 1.49. The van der Waals surface area contributed by atoms with Crippen molar-refractivity contribution in [3.05, 3.63) is 0 Å². The van der Waals surface area contributed by atoms with Gasteiger partial charge in [0.1, 0.15) is 0 Å². The van der Waals surface area contributed by atoms with E-state index in [-0.39, 0.29) is 0 Å². The molecule has 1 saturated heterocycles. The van der Waals surface area contributed by atoms with E-state index in [9.17, 15) is 0 Å². The van der Waals surface area contributed by atoms with Crippen molar-refractivity contribution < 1.29 is 0 Å². The second-order valence-electron chi connectivity index (χ2n) is 3.77. The van der Waals surface area contributed by atoms with Crippen LogP contribution in [0, 0.1) is 0 Å². The highest BCUT2D eigenvalue weighted by molar-refractivity contribution is 4.73. The second-order valence-corrected chi connectivity index (χ2v) is 3.77. The standard InChI is InChI=1S/C9H21N3/c1-3-9(10)8-12-6-4-11(2)5-7-12/h9H,3-8,10H2,1-2H3. The zero-order chi connectivity index (χ0) is 8.97. The SMILES string of the molecule is CCC(N)CN1CCN(C)CC1. The number of nitrogens with zero attached hydrogens (tertiary/aromatic N) is 2. The minimum Gasteiger partial charge on any atom is -0.327 e. The van der Waals surface area contributed by atoms with Gasteiger partial charge in [0.05, 0.1) is 0 Å². The van der Waals surface area contributed by atoms with E-state index < -0.39 is 0 Å². The highest BCUT2D eigenvalue weighted by atomic mass is 15.2. The molecule has 0 spiro atoms. The molecule has 0 aromatic heterocycles. The fourth-order valence-corrected chi connectivity index (χ4v) is 1.49. The Bertz CT molecular complexity index is 119. The van der Waals surface area contributed by atoms with Gasteiger partial charge in [0.15, 0.2) is 0 Å². The van der Waals surface area contributed by atoms with Crippen LogP contribution in [-0.2, 0) is 0 Å². The number of piperazine rings is 1. The van der Waals surface area contributed by atoms with Crippen LogP contribution >= 0.6 is 0 Å². The molecule has 0 aromatic carbocycles. The lowest BCUT2D eigenvalue weighted by Crippen LogP contribution is -2.48. The van der Waals surface area contributed by atoms with Crippen molar-refractivity contribution in [3.63, 3.8) is 0 Å². The molecule has 1 atom stereocenters. The third-order valence-corrected chi connectivity index (χ3v) is 2.61. The number of rotatable bonds is 3. The first-order valence-electron chi connectivity index (χ1n) is 4.89. The molecule has 3 nitrogen and oxygen atoms in total. The molecule has 1 unspecified atom stereocenters. The molecular weight excluding hydrogens is 150 g/mol. The minimum atomic E-state index is 0.369. The Kier molecular flexibility index (Phi) is 3.98. The molecule has 3 heteroatoms. The Morgan fingerprint density at radius 1 is 1.25 bits per heavy atom. The van der Waals surface area contributed by atoms with Gasteiger partial charge in [-0.15, -0.1) is 0 Å². The van der Waals surface area contributed by atoms with Crippen LogP contribution in [0.15, 0.2) is 0 Å². The summed E-state index contributed by atoms with van der Waals surface area (Å²) in [5, 5.41) is 0. The molecule has 1 aliphatic heterocycles. The van der Waals surface area contributed by atoms with Crippen LogP contribution in [0.1, 0.15) is 13.3 Å². The summed E-state index contributed by atoms with van der Waals surface area (Å²) in [5.41, 5.74) is 5.88. The first-order chi connectivity index (χ1) is 5.72. The lowest BCUT2D eigenvalue weighted by Gasteiger charge is -2.33. The molecule has 0 radical (unpaired) electrons. The smallest absolute Gasteiger partial charge is 0.0165 e. The van der Waals surface area contributed by atoms with Crippen molar-refractivity contribution in [2.45, 2.75) is 19.4 Å².